The number of benzene rings is 2. The highest BCUT2D eigenvalue weighted by atomic mass is 16.6. The van der Waals surface area contributed by atoms with Crippen LogP contribution in [0.25, 0.3) is 16.6 Å². The Balaban J connectivity index is 1.25. The molecule has 12 nitrogen and oxygen atoms in total. The molecule has 0 atom stereocenters. The number of nitrogens with zero attached hydrogens (tertiary/aromatic N) is 4. The van der Waals surface area contributed by atoms with Gasteiger partial charge in [-0.05, 0) is 75.2 Å². The van der Waals surface area contributed by atoms with Gasteiger partial charge in [-0.1, -0.05) is 18.2 Å². The van der Waals surface area contributed by atoms with Crippen molar-refractivity contribution in [2.24, 2.45) is 0 Å². The minimum Gasteiger partial charge on any atom is -0.493 e. The lowest BCUT2D eigenvalue weighted by Crippen LogP contribution is -2.43. The van der Waals surface area contributed by atoms with Crippen molar-refractivity contribution < 1.29 is 28.5 Å². The van der Waals surface area contributed by atoms with Crippen LogP contribution in [0, 0.1) is 0 Å². The smallest absolute Gasteiger partial charge is 0.410 e. The largest absolute Gasteiger partial charge is 0.493 e. The van der Waals surface area contributed by atoms with Crippen LogP contribution >= 0.6 is 0 Å². The van der Waals surface area contributed by atoms with E-state index >= 15 is 0 Å². The third-order valence-corrected chi connectivity index (χ3v) is 7.71. The van der Waals surface area contributed by atoms with Gasteiger partial charge in [0.25, 0.3) is 11.5 Å². The second kappa shape index (κ2) is 13.1. The highest BCUT2D eigenvalue weighted by Gasteiger charge is 2.30. The van der Waals surface area contributed by atoms with E-state index in [0.717, 1.165) is 5.56 Å². The quantitative estimate of drug-likeness (QED) is 0.221. The summed E-state index contributed by atoms with van der Waals surface area (Å²) in [7, 11) is 3.11. The van der Waals surface area contributed by atoms with Crippen LogP contribution in [0.2, 0.25) is 0 Å². The Morgan fingerprint density at radius 2 is 1.65 bits per heavy atom. The number of carbonyl (C=O) groups is 2. The number of hydrogen-bond acceptors (Lipinski definition) is 9. The van der Waals surface area contributed by atoms with Crippen molar-refractivity contribution >= 4 is 28.7 Å². The summed E-state index contributed by atoms with van der Waals surface area (Å²) in [4.78, 5) is 50.7. The molecule has 0 unspecified atom stereocenters. The minimum atomic E-state index is -0.660. The van der Waals surface area contributed by atoms with Gasteiger partial charge in [0.1, 0.15) is 28.5 Å². The second-order valence-corrected chi connectivity index (χ2v) is 12.1. The van der Waals surface area contributed by atoms with Crippen LogP contribution < -0.4 is 25.1 Å². The average Bonchev–Trinajstić information content (AvgIpc) is 3.07. The van der Waals surface area contributed by atoms with Crippen molar-refractivity contribution in [2.45, 2.75) is 39.3 Å². The van der Waals surface area contributed by atoms with E-state index in [1.54, 1.807) is 94.6 Å². The van der Waals surface area contributed by atoms with Gasteiger partial charge in [-0.25, -0.2) is 9.78 Å². The first kappa shape index (κ1) is 32.0. The molecule has 0 fully saturated rings. The van der Waals surface area contributed by atoms with E-state index < -0.39 is 23.2 Å². The third kappa shape index (κ3) is 6.63. The summed E-state index contributed by atoms with van der Waals surface area (Å²) < 4.78 is 24.0. The average molecular weight is 650 g/mol. The lowest BCUT2D eigenvalue weighted by Gasteiger charge is -2.32. The Labute approximate surface area is 276 Å². The fourth-order valence-electron chi connectivity index (χ4n) is 5.47. The predicted octanol–water partition coefficient (Wildman–Crippen LogP) is 6.14. The zero-order valence-electron chi connectivity index (χ0n) is 27.3. The molecule has 12 heteroatoms. The zero-order chi connectivity index (χ0) is 34.0. The van der Waals surface area contributed by atoms with E-state index in [0.29, 0.717) is 58.2 Å². The van der Waals surface area contributed by atoms with Crippen LogP contribution in [-0.2, 0) is 17.7 Å². The van der Waals surface area contributed by atoms with E-state index in [4.69, 9.17) is 18.9 Å². The van der Waals surface area contributed by atoms with E-state index in [-0.39, 0.29) is 17.9 Å². The van der Waals surface area contributed by atoms with Crippen LogP contribution in [0.15, 0.2) is 83.9 Å². The number of rotatable bonds is 7. The Morgan fingerprint density at radius 1 is 0.896 bits per heavy atom. The van der Waals surface area contributed by atoms with Gasteiger partial charge in [-0.2, -0.15) is 0 Å². The van der Waals surface area contributed by atoms with Gasteiger partial charge in [-0.3, -0.25) is 19.1 Å². The molecule has 2 aromatic carbocycles. The number of amides is 2. The highest BCUT2D eigenvalue weighted by molar-refractivity contribution is 6.03. The third-order valence-electron chi connectivity index (χ3n) is 7.71. The maximum Gasteiger partial charge on any atom is 0.410 e. The number of methoxy groups -OCH3 is 2. The van der Waals surface area contributed by atoms with Crippen molar-refractivity contribution in [2.75, 3.05) is 26.1 Å². The number of para-hydroxylation sites is 1. The fourth-order valence-corrected chi connectivity index (χ4v) is 5.47. The molecule has 1 aliphatic rings. The summed E-state index contributed by atoms with van der Waals surface area (Å²) in [6.45, 7) is 5.96. The summed E-state index contributed by atoms with van der Waals surface area (Å²) in [5.74, 6) is 1.66. The van der Waals surface area contributed by atoms with E-state index in [2.05, 4.69) is 15.3 Å². The van der Waals surface area contributed by atoms with Crippen molar-refractivity contribution in [3.8, 4) is 28.7 Å². The topological polar surface area (TPSA) is 134 Å². The molecule has 0 saturated heterocycles. The van der Waals surface area contributed by atoms with E-state index in [9.17, 15) is 14.4 Å². The molecule has 0 aliphatic carbocycles. The monoisotopic (exact) mass is 649 g/mol. The molecule has 48 heavy (non-hydrogen) atoms. The van der Waals surface area contributed by atoms with Crippen LogP contribution in [0.3, 0.4) is 0 Å². The number of hydrogen-bond donors (Lipinski definition) is 1. The van der Waals surface area contributed by atoms with E-state index in [1.807, 2.05) is 18.2 Å². The predicted molar refractivity (Wildman–Crippen MR) is 179 cm³/mol. The number of pyridine rings is 3. The lowest BCUT2D eigenvalue weighted by atomic mass is 10.0. The van der Waals surface area contributed by atoms with Gasteiger partial charge in [0, 0.05) is 35.6 Å². The van der Waals surface area contributed by atoms with Crippen LogP contribution in [0.4, 0.5) is 10.6 Å². The molecular formula is C36H35N5O7. The summed E-state index contributed by atoms with van der Waals surface area (Å²) in [5, 5.41) is 3.45. The number of carbonyl (C=O) groups excluding carboxylic acids is 2. The summed E-state index contributed by atoms with van der Waals surface area (Å²) in [6.07, 6.45) is 3.08. The van der Waals surface area contributed by atoms with Gasteiger partial charge in [0.05, 0.1) is 32.5 Å². The van der Waals surface area contributed by atoms with Crippen LogP contribution in [-0.4, -0.2) is 57.8 Å². The first-order valence-corrected chi connectivity index (χ1v) is 15.3. The first-order chi connectivity index (χ1) is 23.0. The maximum atomic E-state index is 13.9. The molecular weight excluding hydrogens is 614 g/mol. The molecule has 2 amide bonds. The normalized spacial score (nSPS) is 12.6. The van der Waals surface area contributed by atoms with Gasteiger partial charge in [0.2, 0.25) is 0 Å². The van der Waals surface area contributed by atoms with Crippen molar-refractivity contribution in [1.82, 2.24) is 19.4 Å². The molecule has 4 heterocycles. The van der Waals surface area contributed by atoms with Gasteiger partial charge < -0.3 is 29.2 Å². The Kier molecular flexibility index (Phi) is 8.72. The fraction of sp³-hybridized carbons (Fsp3) is 0.250. The minimum absolute atomic E-state index is 0.0434. The Morgan fingerprint density at radius 3 is 2.33 bits per heavy atom. The maximum absolute atomic E-state index is 13.9. The van der Waals surface area contributed by atoms with Crippen LogP contribution in [0.1, 0.15) is 42.4 Å². The second-order valence-electron chi connectivity index (χ2n) is 12.1. The standard InChI is InChI=1S/C36H35N5O7/c1-36(2,3)48-35(44)40-16-14-22-17-26(34(43)41(28(22)21-40)23-9-7-6-8-10-23)33(42)39-32-12-11-24(20-38-32)47-29-13-15-37-27-19-31(46-5)30(45-4)18-25(27)29/h6-13,15,17-20H,14,16,21H2,1-5H3,(H,38,39,42). The molecule has 1 N–H and O–H groups in total. The van der Waals surface area contributed by atoms with Gasteiger partial charge in [0.15, 0.2) is 11.5 Å². The highest BCUT2D eigenvalue weighted by Crippen LogP contribution is 2.37. The van der Waals surface area contributed by atoms with E-state index in [1.165, 1.54) is 10.8 Å². The molecule has 3 aromatic heterocycles. The molecule has 0 bridgehead atoms. The lowest BCUT2D eigenvalue weighted by molar-refractivity contribution is 0.0219. The van der Waals surface area contributed by atoms with Crippen molar-refractivity contribution in [1.29, 1.82) is 0 Å². The number of ether oxygens (including phenoxy) is 4. The number of fused-ring (bicyclic) bond motifs is 2. The molecule has 246 valence electrons. The SMILES string of the molecule is COc1cc2nccc(Oc3ccc(NC(=O)c4cc5c(n(-c6ccccc6)c4=O)CN(C(=O)OC(C)(C)C)CC5)nc3)c2cc1OC. The van der Waals surface area contributed by atoms with Crippen molar-refractivity contribution in [3.63, 3.8) is 0 Å². The van der Waals surface area contributed by atoms with Crippen LogP contribution in [0.5, 0.6) is 23.0 Å². The van der Waals surface area contributed by atoms with Gasteiger partial charge in [-0.15, -0.1) is 0 Å². The summed E-state index contributed by atoms with van der Waals surface area (Å²) >= 11 is 0. The summed E-state index contributed by atoms with van der Waals surface area (Å²) in [6, 6.07) is 19.2. The Hall–Kier alpha value is -5.91. The molecule has 5 aromatic rings. The molecule has 0 radical (unpaired) electrons. The molecule has 6 rings (SSSR count). The van der Waals surface area contributed by atoms with Gasteiger partial charge >= 0.3 is 6.09 Å². The Bertz CT molecular complexity index is 2050. The number of aromatic nitrogens is 3. The zero-order valence-corrected chi connectivity index (χ0v) is 27.3. The number of anilines is 1. The molecule has 1 aliphatic heterocycles. The molecule has 0 saturated carbocycles. The number of nitrogens with one attached hydrogen (secondary N) is 1. The van der Waals surface area contributed by atoms with Crippen molar-refractivity contribution in [3.05, 3.63) is 106 Å². The molecule has 0 spiro atoms. The first-order valence-electron chi connectivity index (χ1n) is 15.3. The summed E-state index contributed by atoms with van der Waals surface area (Å²) in [5.41, 5.74) is 1.44.